The van der Waals surface area contributed by atoms with Gasteiger partial charge in [-0.25, -0.2) is 4.68 Å². The van der Waals surface area contributed by atoms with Gasteiger partial charge in [-0.1, -0.05) is 56.0 Å². The predicted octanol–water partition coefficient (Wildman–Crippen LogP) is 3.92. The Morgan fingerprint density at radius 2 is 1.96 bits per heavy atom. The first kappa shape index (κ1) is 20.8. The highest BCUT2D eigenvalue weighted by molar-refractivity contribution is 6.76. The van der Waals surface area contributed by atoms with Crippen LogP contribution in [0.1, 0.15) is 17.8 Å². The van der Waals surface area contributed by atoms with E-state index in [1.807, 2.05) is 10.7 Å². The van der Waals surface area contributed by atoms with Gasteiger partial charge in [0.05, 0.1) is 0 Å². The zero-order valence-corrected chi connectivity index (χ0v) is 18.6. The average Bonchev–Trinajstić information content (AvgIpc) is 3.07. The van der Waals surface area contributed by atoms with E-state index in [0.29, 0.717) is 6.73 Å². The lowest BCUT2D eigenvalue weighted by Gasteiger charge is -2.20. The van der Waals surface area contributed by atoms with Gasteiger partial charge >= 0.3 is 0 Å². The number of anilines is 1. The summed E-state index contributed by atoms with van der Waals surface area (Å²) in [6, 6.07) is 11.5. The van der Waals surface area contributed by atoms with Crippen LogP contribution in [0.15, 0.2) is 36.4 Å². The van der Waals surface area contributed by atoms with Crippen LogP contribution in [0.3, 0.4) is 0 Å². The highest BCUT2D eigenvalue weighted by Crippen LogP contribution is 2.21. The van der Waals surface area contributed by atoms with Crippen LogP contribution >= 0.6 is 0 Å². The zero-order valence-electron chi connectivity index (χ0n) is 17.6. The molecule has 1 aromatic carbocycles. The molecule has 7 heteroatoms. The normalized spacial score (nSPS) is 15.5. The van der Waals surface area contributed by atoms with E-state index in [1.165, 1.54) is 11.1 Å². The fourth-order valence-electron chi connectivity index (χ4n) is 2.98. The summed E-state index contributed by atoms with van der Waals surface area (Å²) in [6.07, 6.45) is 3.21. The molecule has 0 spiro atoms. The number of rotatable bonds is 9. The van der Waals surface area contributed by atoms with Crippen LogP contribution in [0.5, 0.6) is 0 Å². The van der Waals surface area contributed by atoms with E-state index in [4.69, 9.17) is 14.8 Å². The molecule has 28 heavy (non-hydrogen) atoms. The Kier molecular flexibility index (Phi) is 7.04. The molecule has 0 saturated heterocycles. The number of nitrogens with one attached hydrogen (secondary N) is 1. The van der Waals surface area contributed by atoms with Crippen molar-refractivity contribution < 1.29 is 4.74 Å². The van der Waals surface area contributed by atoms with Crippen LogP contribution in [0.4, 0.5) is 5.95 Å². The third kappa shape index (κ3) is 6.29. The van der Waals surface area contributed by atoms with E-state index >= 15 is 0 Å². The molecule has 152 valence electrons. The second kappa shape index (κ2) is 9.49. The molecule has 0 unspecified atom stereocenters. The Bertz CT molecular complexity index is 782. The maximum Gasteiger partial charge on any atom is 0.224 e. The Morgan fingerprint density at radius 1 is 1.18 bits per heavy atom. The van der Waals surface area contributed by atoms with E-state index in [-0.39, 0.29) is 0 Å². The first-order valence-corrected chi connectivity index (χ1v) is 13.8. The molecular formula is C21H33N5OSi. The highest BCUT2D eigenvalue weighted by atomic mass is 28.3. The maximum absolute atomic E-state index is 5.93. The average molecular weight is 400 g/mol. The zero-order chi connectivity index (χ0) is 20.0. The van der Waals surface area contributed by atoms with Gasteiger partial charge in [0.2, 0.25) is 5.95 Å². The van der Waals surface area contributed by atoms with E-state index in [1.54, 1.807) is 0 Å². The Hall–Kier alpha value is -1.96. The number of nitrogens with zero attached hydrogens (tertiary/aromatic N) is 4. The number of hydrogen-bond acceptors (Lipinski definition) is 5. The fraction of sp³-hybridized carbons (Fsp3) is 0.524. The molecular weight excluding hydrogens is 366 g/mol. The van der Waals surface area contributed by atoms with E-state index < -0.39 is 8.07 Å². The number of aromatic nitrogens is 3. The van der Waals surface area contributed by atoms with Crippen molar-refractivity contribution in [2.75, 3.05) is 32.1 Å². The lowest BCUT2D eigenvalue weighted by Crippen LogP contribution is -2.24. The summed E-state index contributed by atoms with van der Waals surface area (Å²) in [4.78, 5) is 7.08. The van der Waals surface area contributed by atoms with Crippen molar-refractivity contribution >= 4 is 19.6 Å². The smallest absolute Gasteiger partial charge is 0.224 e. The van der Waals surface area contributed by atoms with Crippen LogP contribution in [0, 0.1) is 0 Å². The van der Waals surface area contributed by atoms with Crippen molar-refractivity contribution in [2.45, 2.75) is 45.4 Å². The Morgan fingerprint density at radius 3 is 2.64 bits per heavy atom. The van der Waals surface area contributed by atoms with Crippen LogP contribution in [-0.4, -0.2) is 54.5 Å². The second-order valence-electron chi connectivity index (χ2n) is 8.69. The van der Waals surface area contributed by atoms with Crippen molar-refractivity contribution in [1.82, 2.24) is 19.7 Å². The molecule has 1 aliphatic rings. The lowest BCUT2D eigenvalue weighted by molar-refractivity contribution is 0.0797. The van der Waals surface area contributed by atoms with Gasteiger partial charge in [0.25, 0.3) is 0 Å². The van der Waals surface area contributed by atoms with Gasteiger partial charge in [-0.15, -0.1) is 5.10 Å². The molecule has 0 amide bonds. The molecule has 0 aliphatic carbocycles. The topological polar surface area (TPSA) is 55.2 Å². The largest absolute Gasteiger partial charge is 0.359 e. The molecule has 1 aromatic heterocycles. The third-order valence-electron chi connectivity index (χ3n) is 4.87. The summed E-state index contributed by atoms with van der Waals surface area (Å²) in [7, 11) is 1.04. The molecule has 1 aliphatic heterocycles. The molecule has 6 nitrogen and oxygen atoms in total. The van der Waals surface area contributed by atoms with Gasteiger partial charge in [0.1, 0.15) is 6.73 Å². The number of ether oxygens (including phenoxy) is 1. The monoisotopic (exact) mass is 399 g/mol. The highest BCUT2D eigenvalue weighted by Gasteiger charge is 2.17. The maximum atomic E-state index is 5.93. The Labute approximate surface area is 169 Å². The molecule has 0 bridgehead atoms. The predicted molar refractivity (Wildman–Crippen MR) is 118 cm³/mol. The molecule has 0 saturated carbocycles. The molecule has 3 rings (SSSR count). The van der Waals surface area contributed by atoms with Gasteiger partial charge in [-0.3, -0.25) is 0 Å². The van der Waals surface area contributed by atoms with Crippen molar-refractivity contribution in [3.63, 3.8) is 0 Å². The van der Waals surface area contributed by atoms with Crippen LogP contribution in [0.25, 0.3) is 5.57 Å². The minimum absolute atomic E-state index is 0.432. The van der Waals surface area contributed by atoms with Gasteiger partial charge in [-0.2, -0.15) is 4.98 Å². The van der Waals surface area contributed by atoms with Gasteiger partial charge in [0, 0.05) is 34.3 Å². The lowest BCUT2D eigenvalue weighted by atomic mass is 10.1. The summed E-state index contributed by atoms with van der Waals surface area (Å²) in [5, 5.41) is 8.18. The molecule has 2 aromatic rings. The van der Waals surface area contributed by atoms with Crippen molar-refractivity contribution in [3.05, 3.63) is 47.8 Å². The Balaban J connectivity index is 1.69. The first-order valence-electron chi connectivity index (χ1n) is 10.1. The quantitative estimate of drug-likeness (QED) is 0.512. The fourth-order valence-corrected chi connectivity index (χ4v) is 3.74. The number of hydrogen-bond donors (Lipinski definition) is 1. The minimum atomic E-state index is -1.10. The third-order valence-corrected chi connectivity index (χ3v) is 6.58. The van der Waals surface area contributed by atoms with E-state index in [0.717, 1.165) is 50.5 Å². The summed E-state index contributed by atoms with van der Waals surface area (Å²) in [6.45, 7) is 11.0. The SMILES string of the molecule is CN1CC=C(c2nc(NCc3ccccc3)n(COCC[Si](C)(C)C)n2)CC1. The van der Waals surface area contributed by atoms with Gasteiger partial charge < -0.3 is 15.0 Å². The number of benzene rings is 1. The summed E-state index contributed by atoms with van der Waals surface area (Å²) >= 11 is 0. The summed E-state index contributed by atoms with van der Waals surface area (Å²) < 4.78 is 7.80. The van der Waals surface area contributed by atoms with Crippen LogP contribution < -0.4 is 5.32 Å². The van der Waals surface area contributed by atoms with Crippen LogP contribution in [-0.2, 0) is 18.0 Å². The second-order valence-corrected chi connectivity index (χ2v) is 14.3. The molecule has 0 atom stereocenters. The minimum Gasteiger partial charge on any atom is -0.359 e. The van der Waals surface area contributed by atoms with Crippen molar-refractivity contribution in [2.24, 2.45) is 0 Å². The summed E-state index contributed by atoms with van der Waals surface area (Å²) in [5.41, 5.74) is 2.44. The van der Waals surface area contributed by atoms with Gasteiger partial charge in [0.15, 0.2) is 5.82 Å². The van der Waals surface area contributed by atoms with Crippen LogP contribution in [0.2, 0.25) is 25.7 Å². The van der Waals surface area contributed by atoms with Crippen molar-refractivity contribution in [3.8, 4) is 0 Å². The molecule has 0 fully saturated rings. The number of likely N-dealkylation sites (N-methyl/N-ethyl adjacent to an activating group) is 1. The first-order chi connectivity index (χ1) is 13.4. The molecule has 2 heterocycles. The molecule has 1 N–H and O–H groups in total. The van der Waals surface area contributed by atoms with Gasteiger partial charge in [-0.05, 0) is 30.6 Å². The summed E-state index contributed by atoms with van der Waals surface area (Å²) in [5.74, 6) is 1.59. The van der Waals surface area contributed by atoms with E-state index in [9.17, 15) is 0 Å². The standard InChI is InChI=1S/C21H33N5OSi/c1-25-12-10-19(11-13-25)20-23-21(22-16-18-8-6-5-7-9-18)26(24-20)17-27-14-15-28(2,3)4/h5-10H,11-17H2,1-4H3,(H,22,23,24). The molecule has 0 radical (unpaired) electrons. The van der Waals surface area contributed by atoms with Crippen molar-refractivity contribution in [1.29, 1.82) is 0 Å². The van der Waals surface area contributed by atoms with E-state index in [2.05, 4.69) is 67.2 Å².